The zero-order chi connectivity index (χ0) is 23.0. The van der Waals surface area contributed by atoms with Crippen molar-refractivity contribution in [2.75, 3.05) is 33.7 Å². The topological polar surface area (TPSA) is 90.2 Å². The molecule has 9 heteroatoms. The summed E-state index contributed by atoms with van der Waals surface area (Å²) in [5.41, 5.74) is 2.13. The zero-order valence-corrected chi connectivity index (χ0v) is 19.3. The van der Waals surface area contributed by atoms with Gasteiger partial charge in [-0.15, -0.1) is 10.2 Å². The molecule has 1 aliphatic rings. The number of piperidine rings is 1. The number of nitrogens with zero attached hydrogens (tertiary/aromatic N) is 6. The SMILES string of the molecule is CN(C)C(=O)CNC(=NCc1nnc2ccccn12)NC1CCN(Cc2ccccc2)CC1. The van der Waals surface area contributed by atoms with Gasteiger partial charge in [0.05, 0.1) is 6.54 Å². The van der Waals surface area contributed by atoms with Gasteiger partial charge in [-0.1, -0.05) is 36.4 Å². The third-order valence-corrected chi connectivity index (χ3v) is 5.85. The molecule has 2 N–H and O–H groups in total. The van der Waals surface area contributed by atoms with E-state index in [9.17, 15) is 4.79 Å². The molecule has 0 aliphatic carbocycles. The quantitative estimate of drug-likeness (QED) is 0.421. The van der Waals surface area contributed by atoms with E-state index in [1.54, 1.807) is 19.0 Å². The van der Waals surface area contributed by atoms with E-state index in [1.165, 1.54) is 5.56 Å². The minimum atomic E-state index is -0.00453. The average Bonchev–Trinajstić information content (AvgIpc) is 3.25. The second-order valence-corrected chi connectivity index (χ2v) is 8.53. The third-order valence-electron chi connectivity index (χ3n) is 5.85. The number of hydrogen-bond donors (Lipinski definition) is 2. The second kappa shape index (κ2) is 10.9. The van der Waals surface area contributed by atoms with Gasteiger partial charge in [-0.2, -0.15) is 0 Å². The number of likely N-dealkylation sites (N-methyl/N-ethyl adjacent to an activating group) is 1. The summed E-state index contributed by atoms with van der Waals surface area (Å²) in [5, 5.41) is 15.2. The largest absolute Gasteiger partial charge is 0.354 e. The minimum absolute atomic E-state index is 0.00453. The zero-order valence-electron chi connectivity index (χ0n) is 19.3. The number of pyridine rings is 1. The highest BCUT2D eigenvalue weighted by Crippen LogP contribution is 2.14. The lowest BCUT2D eigenvalue weighted by Gasteiger charge is -2.33. The van der Waals surface area contributed by atoms with Crippen LogP contribution in [0.3, 0.4) is 0 Å². The first-order valence-corrected chi connectivity index (χ1v) is 11.4. The number of aromatic nitrogens is 3. The first-order valence-electron chi connectivity index (χ1n) is 11.4. The van der Waals surface area contributed by atoms with E-state index >= 15 is 0 Å². The van der Waals surface area contributed by atoms with Crippen molar-refractivity contribution in [1.82, 2.24) is 35.0 Å². The van der Waals surface area contributed by atoms with Crippen molar-refractivity contribution in [3.05, 3.63) is 66.1 Å². The van der Waals surface area contributed by atoms with Crippen molar-refractivity contribution < 1.29 is 4.79 Å². The molecule has 0 radical (unpaired) electrons. The number of amides is 1. The third kappa shape index (κ3) is 6.29. The molecule has 2 aromatic heterocycles. The van der Waals surface area contributed by atoms with Gasteiger partial charge in [-0.05, 0) is 30.5 Å². The number of likely N-dealkylation sites (tertiary alicyclic amines) is 1. The number of fused-ring (bicyclic) bond motifs is 1. The Morgan fingerprint density at radius 1 is 1.09 bits per heavy atom. The van der Waals surface area contributed by atoms with Crippen molar-refractivity contribution in [1.29, 1.82) is 0 Å². The van der Waals surface area contributed by atoms with E-state index in [1.807, 2.05) is 28.8 Å². The number of carbonyl (C=O) groups is 1. The lowest BCUT2D eigenvalue weighted by atomic mass is 10.0. The molecule has 0 saturated carbocycles. The van der Waals surface area contributed by atoms with Crippen molar-refractivity contribution in [3.8, 4) is 0 Å². The van der Waals surface area contributed by atoms with Gasteiger partial charge in [-0.3, -0.25) is 14.1 Å². The second-order valence-electron chi connectivity index (χ2n) is 8.53. The normalized spacial score (nSPS) is 15.5. The van der Waals surface area contributed by atoms with Crippen LogP contribution in [0.15, 0.2) is 59.7 Å². The Morgan fingerprint density at radius 3 is 2.61 bits per heavy atom. The van der Waals surface area contributed by atoms with Crippen LogP contribution < -0.4 is 10.6 Å². The Kier molecular flexibility index (Phi) is 7.51. The molecule has 3 heterocycles. The summed E-state index contributed by atoms with van der Waals surface area (Å²) >= 11 is 0. The van der Waals surface area contributed by atoms with Gasteiger partial charge in [0, 0.05) is 46.0 Å². The van der Waals surface area contributed by atoms with Gasteiger partial charge in [0.1, 0.15) is 6.54 Å². The fourth-order valence-electron chi connectivity index (χ4n) is 3.89. The van der Waals surface area contributed by atoms with E-state index in [4.69, 9.17) is 4.99 Å². The van der Waals surface area contributed by atoms with Crippen LogP contribution in [0.4, 0.5) is 0 Å². The lowest BCUT2D eigenvalue weighted by molar-refractivity contribution is -0.127. The lowest BCUT2D eigenvalue weighted by Crippen LogP contribution is -2.50. The standard InChI is InChI=1S/C24H32N8O/c1-30(2)23(33)17-26-24(25-16-22-29-28-21-10-6-7-13-32(21)22)27-20-11-14-31(15-12-20)18-19-8-4-3-5-9-19/h3-10,13,20H,11-12,14-18H2,1-2H3,(H2,25,26,27). The molecule has 0 atom stereocenters. The van der Waals surface area contributed by atoms with E-state index in [0.29, 0.717) is 18.5 Å². The highest BCUT2D eigenvalue weighted by Gasteiger charge is 2.20. The Morgan fingerprint density at radius 2 is 1.85 bits per heavy atom. The maximum absolute atomic E-state index is 12.1. The summed E-state index contributed by atoms with van der Waals surface area (Å²) in [7, 11) is 3.50. The van der Waals surface area contributed by atoms with Crippen LogP contribution in [0, 0.1) is 0 Å². The predicted octanol–water partition coefficient (Wildman–Crippen LogP) is 1.52. The Hall–Kier alpha value is -3.46. The number of carbonyl (C=O) groups excluding carboxylic acids is 1. The van der Waals surface area contributed by atoms with Gasteiger partial charge < -0.3 is 15.5 Å². The van der Waals surface area contributed by atoms with E-state index < -0.39 is 0 Å². The molecule has 1 fully saturated rings. The van der Waals surface area contributed by atoms with Gasteiger partial charge in [0.2, 0.25) is 5.91 Å². The highest BCUT2D eigenvalue weighted by atomic mass is 16.2. The van der Waals surface area contributed by atoms with Gasteiger partial charge >= 0.3 is 0 Å². The van der Waals surface area contributed by atoms with Crippen LogP contribution in [0.2, 0.25) is 0 Å². The van der Waals surface area contributed by atoms with Crippen LogP contribution in [0.1, 0.15) is 24.2 Å². The summed E-state index contributed by atoms with van der Waals surface area (Å²) in [4.78, 5) is 20.9. The van der Waals surface area contributed by atoms with Crippen LogP contribution in [-0.2, 0) is 17.9 Å². The Bertz CT molecular complexity index is 1070. The van der Waals surface area contributed by atoms with Crippen LogP contribution in [0.25, 0.3) is 5.65 Å². The summed E-state index contributed by atoms with van der Waals surface area (Å²) in [6, 6.07) is 16.7. The molecule has 0 spiro atoms. The van der Waals surface area contributed by atoms with E-state index in [2.05, 4.69) is 56.1 Å². The maximum atomic E-state index is 12.1. The summed E-state index contributed by atoms with van der Waals surface area (Å²) in [6.45, 7) is 3.57. The van der Waals surface area contributed by atoms with Gasteiger partial charge in [0.15, 0.2) is 17.4 Å². The number of hydrogen-bond acceptors (Lipinski definition) is 5. The van der Waals surface area contributed by atoms with Gasteiger partial charge in [0.25, 0.3) is 0 Å². The fraction of sp³-hybridized carbons (Fsp3) is 0.417. The summed E-state index contributed by atoms with van der Waals surface area (Å²) in [6.07, 6.45) is 3.96. The van der Waals surface area contributed by atoms with E-state index in [0.717, 1.165) is 43.9 Å². The highest BCUT2D eigenvalue weighted by molar-refractivity contribution is 5.86. The molecule has 1 aromatic carbocycles. The molecule has 3 aromatic rings. The van der Waals surface area contributed by atoms with Crippen LogP contribution >= 0.6 is 0 Å². The Labute approximate surface area is 194 Å². The van der Waals surface area contributed by atoms with Crippen molar-refractivity contribution in [2.45, 2.75) is 32.0 Å². The molecular formula is C24H32N8O. The van der Waals surface area contributed by atoms with E-state index in [-0.39, 0.29) is 12.5 Å². The Balaban J connectivity index is 1.37. The number of benzene rings is 1. The maximum Gasteiger partial charge on any atom is 0.241 e. The first kappa shape index (κ1) is 22.7. The van der Waals surface area contributed by atoms with Crippen molar-refractivity contribution in [3.63, 3.8) is 0 Å². The number of rotatable bonds is 7. The fourth-order valence-corrected chi connectivity index (χ4v) is 3.89. The monoisotopic (exact) mass is 448 g/mol. The number of aliphatic imine (C=N–C) groups is 1. The molecular weight excluding hydrogens is 416 g/mol. The smallest absolute Gasteiger partial charge is 0.241 e. The molecule has 33 heavy (non-hydrogen) atoms. The molecule has 4 rings (SSSR count). The molecule has 0 unspecified atom stereocenters. The predicted molar refractivity (Wildman–Crippen MR) is 129 cm³/mol. The van der Waals surface area contributed by atoms with Crippen LogP contribution in [-0.4, -0.2) is 76.0 Å². The number of nitrogens with one attached hydrogen (secondary N) is 2. The molecule has 1 amide bonds. The molecule has 1 aliphatic heterocycles. The number of guanidine groups is 1. The average molecular weight is 449 g/mol. The summed E-state index contributed by atoms with van der Waals surface area (Å²) < 4.78 is 1.92. The minimum Gasteiger partial charge on any atom is -0.354 e. The van der Waals surface area contributed by atoms with Crippen LogP contribution in [0.5, 0.6) is 0 Å². The van der Waals surface area contributed by atoms with Crippen molar-refractivity contribution in [2.24, 2.45) is 4.99 Å². The van der Waals surface area contributed by atoms with Gasteiger partial charge in [-0.25, -0.2) is 4.99 Å². The van der Waals surface area contributed by atoms with Crippen molar-refractivity contribution >= 4 is 17.5 Å². The molecule has 174 valence electrons. The molecule has 9 nitrogen and oxygen atoms in total. The summed E-state index contributed by atoms with van der Waals surface area (Å²) in [5.74, 6) is 1.37. The molecule has 1 saturated heterocycles. The molecule has 0 bridgehead atoms. The first-order chi connectivity index (χ1) is 16.1.